The Morgan fingerprint density at radius 2 is 0.912 bits per heavy atom. The van der Waals surface area contributed by atoms with E-state index in [0.29, 0.717) is 17.5 Å². The zero-order chi connectivity index (χ0) is 37.5. The van der Waals surface area contributed by atoms with E-state index >= 15 is 0 Å². The minimum absolute atomic E-state index is 0.535. The highest BCUT2D eigenvalue weighted by Gasteiger charge is 2.20. The van der Waals surface area contributed by atoms with Gasteiger partial charge >= 0.3 is 0 Å². The third-order valence-corrected chi connectivity index (χ3v) is 11.1. The van der Waals surface area contributed by atoms with E-state index in [1.54, 1.807) is 0 Å². The van der Waals surface area contributed by atoms with Gasteiger partial charge in [-0.2, -0.15) is 0 Å². The van der Waals surface area contributed by atoms with Gasteiger partial charge in [-0.25, -0.2) is 15.0 Å². The van der Waals surface area contributed by atoms with Crippen molar-refractivity contribution in [3.8, 4) is 51.0 Å². The monoisotopic (exact) mass is 730 g/mol. The average molecular weight is 731 g/mol. The van der Waals surface area contributed by atoms with Gasteiger partial charge in [-0.05, 0) is 77.9 Å². The summed E-state index contributed by atoms with van der Waals surface area (Å²) >= 11 is 0. The van der Waals surface area contributed by atoms with Crippen LogP contribution in [-0.4, -0.2) is 19.5 Å². The van der Waals surface area contributed by atoms with Crippen LogP contribution in [0.3, 0.4) is 0 Å². The van der Waals surface area contributed by atoms with Gasteiger partial charge in [0.25, 0.3) is 0 Å². The van der Waals surface area contributed by atoms with Crippen molar-refractivity contribution < 1.29 is 8.83 Å². The maximum Gasteiger partial charge on any atom is 0.167 e. The Kier molecular flexibility index (Phi) is 6.83. The van der Waals surface area contributed by atoms with Crippen LogP contribution in [-0.2, 0) is 0 Å². The third kappa shape index (κ3) is 5.01. The van der Waals surface area contributed by atoms with Gasteiger partial charge in [0, 0.05) is 49.1 Å². The molecule has 8 aromatic carbocycles. The van der Waals surface area contributed by atoms with E-state index in [2.05, 4.69) is 126 Å². The fourth-order valence-electron chi connectivity index (χ4n) is 8.39. The Bertz CT molecular complexity index is 3540. The highest BCUT2D eigenvalue weighted by Crippen LogP contribution is 2.39. The molecular weight excluding hydrogens is 701 g/mol. The topological polar surface area (TPSA) is 69.9 Å². The molecular formula is C51H30N4O2. The van der Waals surface area contributed by atoms with Crippen LogP contribution in [0.25, 0.3) is 117 Å². The number of para-hydroxylation sites is 4. The fraction of sp³-hybridized carbons (Fsp3) is 0. The molecule has 0 radical (unpaired) electrons. The predicted molar refractivity (Wildman–Crippen MR) is 230 cm³/mol. The number of benzene rings is 8. The molecule has 57 heavy (non-hydrogen) atoms. The lowest BCUT2D eigenvalue weighted by molar-refractivity contribution is 0.669. The third-order valence-electron chi connectivity index (χ3n) is 11.1. The van der Waals surface area contributed by atoms with Crippen LogP contribution in [0.4, 0.5) is 0 Å². The molecule has 0 aliphatic rings. The summed E-state index contributed by atoms with van der Waals surface area (Å²) in [5.41, 5.74) is 11.4. The van der Waals surface area contributed by atoms with Crippen LogP contribution in [0.1, 0.15) is 0 Å². The smallest absolute Gasteiger partial charge is 0.167 e. The van der Waals surface area contributed by atoms with Gasteiger partial charge in [-0.15, -0.1) is 0 Å². The maximum atomic E-state index is 6.49. The normalized spacial score (nSPS) is 11.9. The lowest BCUT2D eigenvalue weighted by Crippen LogP contribution is -2.01. The minimum atomic E-state index is 0.535. The van der Waals surface area contributed by atoms with E-state index in [1.807, 2.05) is 60.7 Å². The van der Waals surface area contributed by atoms with Crippen molar-refractivity contribution in [1.29, 1.82) is 0 Å². The molecule has 6 heteroatoms. The Labute approximate surface area is 325 Å². The second kappa shape index (κ2) is 12.3. The van der Waals surface area contributed by atoms with E-state index in [0.717, 1.165) is 77.3 Å². The van der Waals surface area contributed by atoms with Crippen molar-refractivity contribution in [3.05, 3.63) is 182 Å². The summed E-state index contributed by atoms with van der Waals surface area (Å²) in [7, 11) is 0. The molecule has 0 saturated carbocycles. The summed E-state index contributed by atoms with van der Waals surface area (Å²) in [6, 6.07) is 62.9. The molecule has 0 aliphatic carbocycles. The summed E-state index contributed by atoms with van der Waals surface area (Å²) in [5.74, 6) is 1.66. The lowest BCUT2D eigenvalue weighted by Gasteiger charge is -2.12. The van der Waals surface area contributed by atoms with Crippen molar-refractivity contribution in [2.75, 3.05) is 0 Å². The predicted octanol–water partition coefficient (Wildman–Crippen LogP) is 13.4. The minimum Gasteiger partial charge on any atom is -0.456 e. The van der Waals surface area contributed by atoms with Crippen LogP contribution >= 0.6 is 0 Å². The van der Waals surface area contributed by atoms with Crippen molar-refractivity contribution in [2.24, 2.45) is 0 Å². The van der Waals surface area contributed by atoms with Gasteiger partial charge in [0.05, 0.1) is 16.6 Å². The summed E-state index contributed by atoms with van der Waals surface area (Å²) in [6.45, 7) is 0. The zero-order valence-corrected chi connectivity index (χ0v) is 30.4. The Hall–Kier alpha value is -7.83. The number of hydrogen-bond donors (Lipinski definition) is 0. The number of rotatable bonds is 5. The van der Waals surface area contributed by atoms with Crippen LogP contribution in [0, 0.1) is 0 Å². The molecule has 0 bridgehead atoms. The molecule has 4 heterocycles. The molecule has 0 aliphatic heterocycles. The van der Waals surface area contributed by atoms with Crippen LogP contribution in [0.5, 0.6) is 0 Å². The van der Waals surface area contributed by atoms with Crippen LogP contribution < -0.4 is 0 Å². The van der Waals surface area contributed by atoms with Crippen LogP contribution in [0.2, 0.25) is 0 Å². The maximum absolute atomic E-state index is 6.49. The number of hydrogen-bond acceptors (Lipinski definition) is 5. The summed E-state index contributed by atoms with van der Waals surface area (Å²) in [4.78, 5) is 15.6. The largest absolute Gasteiger partial charge is 0.456 e. The molecule has 266 valence electrons. The molecule has 0 amide bonds. The van der Waals surface area contributed by atoms with E-state index in [1.165, 1.54) is 21.9 Å². The first-order valence-corrected chi connectivity index (χ1v) is 19.0. The first-order chi connectivity index (χ1) is 28.2. The molecule has 0 atom stereocenters. The molecule has 0 N–H and O–H groups in total. The molecule has 0 spiro atoms. The molecule has 0 fully saturated rings. The Balaban J connectivity index is 1.07. The summed E-state index contributed by atoms with van der Waals surface area (Å²) in [5, 5.41) is 6.52. The van der Waals surface area contributed by atoms with Gasteiger partial charge in [0.15, 0.2) is 17.5 Å². The molecule has 6 nitrogen and oxygen atoms in total. The van der Waals surface area contributed by atoms with Gasteiger partial charge < -0.3 is 13.4 Å². The molecule has 0 unspecified atom stereocenters. The standard InChI is InChI=1S/C51H30N4O2/c1-2-12-31(13-3-1)32-24-26-44-41(29-32)36-16-4-7-21-43(36)55(44)35-15-10-14-33(28-35)49-52-50(34-25-27-47-42(30-34)38-18-6-8-22-45(38)56-47)54-51(53-49)40-20-11-19-39-37-17-5-9-23-46(37)57-48(39)40/h1-30H. The first-order valence-electron chi connectivity index (χ1n) is 19.0. The number of nitrogens with zero attached hydrogens (tertiary/aromatic N) is 4. The molecule has 12 aromatic rings. The number of furan rings is 2. The van der Waals surface area contributed by atoms with Crippen molar-refractivity contribution >= 4 is 65.7 Å². The van der Waals surface area contributed by atoms with Gasteiger partial charge in [0.1, 0.15) is 22.3 Å². The van der Waals surface area contributed by atoms with E-state index in [-0.39, 0.29) is 0 Å². The Morgan fingerprint density at radius 3 is 1.75 bits per heavy atom. The second-order valence-corrected chi connectivity index (χ2v) is 14.4. The van der Waals surface area contributed by atoms with Crippen molar-refractivity contribution in [3.63, 3.8) is 0 Å². The highest BCUT2D eigenvalue weighted by atomic mass is 16.3. The molecule has 4 aromatic heterocycles. The van der Waals surface area contributed by atoms with Gasteiger partial charge in [0.2, 0.25) is 0 Å². The lowest BCUT2D eigenvalue weighted by atomic mass is 10.0. The fourth-order valence-corrected chi connectivity index (χ4v) is 8.39. The van der Waals surface area contributed by atoms with Crippen molar-refractivity contribution in [1.82, 2.24) is 19.5 Å². The quantitative estimate of drug-likeness (QED) is 0.176. The van der Waals surface area contributed by atoms with E-state index in [4.69, 9.17) is 23.8 Å². The summed E-state index contributed by atoms with van der Waals surface area (Å²) in [6.07, 6.45) is 0. The van der Waals surface area contributed by atoms with Crippen LogP contribution in [0.15, 0.2) is 191 Å². The van der Waals surface area contributed by atoms with Crippen molar-refractivity contribution in [2.45, 2.75) is 0 Å². The van der Waals surface area contributed by atoms with Gasteiger partial charge in [-0.1, -0.05) is 115 Å². The Morgan fingerprint density at radius 1 is 0.333 bits per heavy atom. The average Bonchev–Trinajstić information content (AvgIpc) is 3.96. The van der Waals surface area contributed by atoms with Gasteiger partial charge in [-0.3, -0.25) is 0 Å². The first kappa shape index (κ1) is 31.5. The number of aromatic nitrogens is 4. The second-order valence-electron chi connectivity index (χ2n) is 14.4. The molecule has 12 rings (SSSR count). The zero-order valence-electron chi connectivity index (χ0n) is 30.4. The SMILES string of the molecule is c1ccc(-c2ccc3c(c2)c2ccccc2n3-c2cccc(-c3nc(-c4ccc5oc6ccccc6c5c4)nc(-c4cccc5c4oc4ccccc45)n3)c2)cc1. The summed E-state index contributed by atoms with van der Waals surface area (Å²) < 4.78 is 15.0. The van der Waals surface area contributed by atoms with E-state index < -0.39 is 0 Å². The van der Waals surface area contributed by atoms with E-state index in [9.17, 15) is 0 Å². The highest BCUT2D eigenvalue weighted by molar-refractivity contribution is 6.11. The number of fused-ring (bicyclic) bond motifs is 9. The molecule has 0 saturated heterocycles.